The number of rotatable bonds is 14. The Morgan fingerprint density at radius 3 is 2.30 bits per heavy atom. The molecule has 0 bridgehead atoms. The summed E-state index contributed by atoms with van der Waals surface area (Å²) in [5.74, 6) is 0.123. The Morgan fingerprint density at radius 2 is 1.66 bits per heavy atom. The average Bonchev–Trinajstić information content (AvgIpc) is 3.76. The second kappa shape index (κ2) is 17.4. The van der Waals surface area contributed by atoms with Crippen LogP contribution in [0.1, 0.15) is 75.6 Å². The standard InChI is InChI=1S/C34H34N8O3.C4H10N/c1-4-6-14-30-36-29-20-27(28-13-9-10-19-35-28)31(34(43)44)37-33(29)41(30)21-23-15-17-24(18-16-23)25-11-7-8-12-26(25)32-38-39-40-42(32)22(3)45-5-2;1-3-5-4-2/h7-13,15-20,22H,4-6,14,21H2,1-3H3,(H,43,44);3-4H2,1-2H3/q;-1/p-1. The van der Waals surface area contributed by atoms with Crippen LogP contribution in [0.4, 0.5) is 0 Å². The maximum absolute atomic E-state index is 12.2. The Bertz CT molecular complexity index is 1990. The largest absolute Gasteiger partial charge is 0.663 e. The van der Waals surface area contributed by atoms with Gasteiger partial charge in [0.25, 0.3) is 0 Å². The molecule has 0 aliphatic carbocycles. The zero-order valence-electron chi connectivity index (χ0n) is 29.3. The number of nitrogens with zero attached hydrogens (tertiary/aromatic N) is 9. The molecule has 4 heterocycles. The van der Waals surface area contributed by atoms with Crippen molar-refractivity contribution < 1.29 is 14.6 Å². The molecular weight excluding hydrogens is 630 g/mol. The molecule has 1 atom stereocenters. The van der Waals surface area contributed by atoms with Crippen molar-refractivity contribution in [3.8, 4) is 33.8 Å². The van der Waals surface area contributed by atoms with Gasteiger partial charge in [-0.25, -0.2) is 9.97 Å². The second-order valence-corrected chi connectivity index (χ2v) is 11.5. The highest BCUT2D eigenvalue weighted by atomic mass is 16.5. The van der Waals surface area contributed by atoms with E-state index in [0.717, 1.165) is 60.4 Å². The van der Waals surface area contributed by atoms with Crippen molar-refractivity contribution in [2.45, 2.75) is 66.7 Å². The third-order valence-electron chi connectivity index (χ3n) is 8.15. The number of hydrogen-bond donors (Lipinski definition) is 0. The van der Waals surface area contributed by atoms with Crippen LogP contribution in [-0.4, -0.2) is 65.4 Å². The molecule has 1 unspecified atom stereocenters. The summed E-state index contributed by atoms with van der Waals surface area (Å²) in [5.41, 5.74) is 5.78. The minimum absolute atomic E-state index is 0.155. The van der Waals surface area contributed by atoms with Crippen molar-refractivity contribution in [2.75, 3.05) is 19.7 Å². The Hall–Kier alpha value is -5.33. The summed E-state index contributed by atoms with van der Waals surface area (Å²) in [5, 5.41) is 28.6. The van der Waals surface area contributed by atoms with E-state index in [0.29, 0.717) is 41.4 Å². The predicted molar refractivity (Wildman–Crippen MR) is 192 cm³/mol. The Kier molecular flexibility index (Phi) is 12.5. The maximum Gasteiger partial charge on any atom is 0.185 e. The molecule has 2 aromatic carbocycles. The number of fused-ring (bicyclic) bond motifs is 1. The van der Waals surface area contributed by atoms with E-state index in [2.05, 4.69) is 62.0 Å². The predicted octanol–water partition coefficient (Wildman–Crippen LogP) is 6.52. The van der Waals surface area contributed by atoms with Crippen LogP contribution in [0.15, 0.2) is 79.0 Å². The number of hydrogen-bond acceptors (Lipinski definition) is 9. The zero-order chi connectivity index (χ0) is 35.5. The highest BCUT2D eigenvalue weighted by molar-refractivity contribution is 5.95. The van der Waals surface area contributed by atoms with Crippen LogP contribution in [0.25, 0.3) is 50.3 Å². The molecule has 0 aliphatic rings. The molecule has 260 valence electrons. The molecule has 0 saturated carbocycles. The third-order valence-corrected chi connectivity index (χ3v) is 8.15. The van der Waals surface area contributed by atoms with E-state index in [1.165, 1.54) is 0 Å². The number of ether oxygens (including phenoxy) is 1. The molecule has 0 spiro atoms. The Labute approximate surface area is 292 Å². The average molecular weight is 674 g/mol. The van der Waals surface area contributed by atoms with Gasteiger partial charge in [0.05, 0.1) is 23.9 Å². The van der Waals surface area contributed by atoms with Gasteiger partial charge >= 0.3 is 0 Å². The first kappa shape index (κ1) is 36.0. The summed E-state index contributed by atoms with van der Waals surface area (Å²) in [6.45, 7) is 13.0. The summed E-state index contributed by atoms with van der Waals surface area (Å²) in [6.07, 6.45) is 4.00. The number of benzene rings is 2. The molecule has 0 saturated heterocycles. The molecule has 12 nitrogen and oxygen atoms in total. The summed E-state index contributed by atoms with van der Waals surface area (Å²) < 4.78 is 9.43. The van der Waals surface area contributed by atoms with Crippen LogP contribution in [0.5, 0.6) is 0 Å². The smallest absolute Gasteiger partial charge is 0.185 e. The number of carboxylic acids is 1. The summed E-state index contributed by atoms with van der Waals surface area (Å²) in [4.78, 5) is 26.0. The van der Waals surface area contributed by atoms with Gasteiger partial charge in [0, 0.05) is 30.4 Å². The van der Waals surface area contributed by atoms with E-state index >= 15 is 0 Å². The van der Waals surface area contributed by atoms with Crippen molar-refractivity contribution >= 4 is 17.1 Å². The normalized spacial score (nSPS) is 11.7. The fraction of sp³-hybridized carbons (Fsp3) is 0.342. The SMILES string of the molecule is CCCCc1nc2cc(-c3ccccn3)c(C(=O)[O-])nc2n1Cc1ccc(-c2ccccc2-c2nnnn2C(C)OCC)cc1.CC[N-]CC. The van der Waals surface area contributed by atoms with Gasteiger partial charge in [0.15, 0.2) is 17.7 Å². The third kappa shape index (κ3) is 8.27. The molecule has 0 radical (unpaired) electrons. The minimum atomic E-state index is -1.36. The van der Waals surface area contributed by atoms with E-state index < -0.39 is 5.97 Å². The summed E-state index contributed by atoms with van der Waals surface area (Å²) >= 11 is 0. The van der Waals surface area contributed by atoms with Gasteiger partial charge in [0.2, 0.25) is 0 Å². The number of carboxylic acid groups (broad SMARTS) is 1. The van der Waals surface area contributed by atoms with Gasteiger partial charge in [-0.15, -0.1) is 5.10 Å². The van der Waals surface area contributed by atoms with E-state index in [1.807, 2.05) is 62.6 Å². The lowest BCUT2D eigenvalue weighted by atomic mass is 9.98. The lowest BCUT2D eigenvalue weighted by Gasteiger charge is -2.15. The van der Waals surface area contributed by atoms with Gasteiger partial charge < -0.3 is 24.5 Å². The molecule has 6 rings (SSSR count). The van der Waals surface area contributed by atoms with Crippen molar-refractivity contribution in [1.82, 2.24) is 39.7 Å². The van der Waals surface area contributed by atoms with Gasteiger partial charge in [-0.05, 0) is 65.6 Å². The lowest BCUT2D eigenvalue weighted by Crippen LogP contribution is -2.25. The van der Waals surface area contributed by atoms with Crippen LogP contribution in [-0.2, 0) is 17.7 Å². The number of unbranched alkanes of at least 4 members (excludes halogenated alkanes) is 1. The van der Waals surface area contributed by atoms with Crippen LogP contribution in [0.3, 0.4) is 0 Å². The van der Waals surface area contributed by atoms with Crippen molar-refractivity contribution in [1.29, 1.82) is 0 Å². The number of aromatic nitrogens is 8. The number of aryl methyl sites for hydroxylation is 1. The first-order valence-corrected chi connectivity index (χ1v) is 17.1. The van der Waals surface area contributed by atoms with Crippen LogP contribution >= 0.6 is 0 Å². The van der Waals surface area contributed by atoms with Crippen LogP contribution in [0, 0.1) is 0 Å². The van der Waals surface area contributed by atoms with Gasteiger partial charge in [0.1, 0.15) is 11.3 Å². The molecule has 6 aromatic rings. The first-order valence-electron chi connectivity index (χ1n) is 17.1. The number of pyridine rings is 2. The van der Waals surface area contributed by atoms with Gasteiger partial charge in [-0.2, -0.15) is 17.8 Å². The highest BCUT2D eigenvalue weighted by Gasteiger charge is 2.20. The molecule has 0 N–H and O–H groups in total. The first-order chi connectivity index (χ1) is 24.4. The Morgan fingerprint density at radius 1 is 0.920 bits per heavy atom. The number of carbonyl (C=O) groups excluding carboxylic acids is 1. The van der Waals surface area contributed by atoms with Crippen molar-refractivity contribution in [3.63, 3.8) is 0 Å². The number of aromatic carboxylic acids is 1. The minimum Gasteiger partial charge on any atom is -0.663 e. The van der Waals surface area contributed by atoms with Crippen molar-refractivity contribution in [3.05, 3.63) is 101 Å². The topological polar surface area (TPSA) is 151 Å². The number of tetrazole rings is 1. The highest BCUT2D eigenvalue weighted by Crippen LogP contribution is 2.32. The molecule has 4 aromatic heterocycles. The molecule has 0 amide bonds. The van der Waals surface area contributed by atoms with Crippen molar-refractivity contribution in [2.24, 2.45) is 0 Å². The van der Waals surface area contributed by atoms with E-state index in [-0.39, 0.29) is 11.9 Å². The van der Waals surface area contributed by atoms with E-state index in [9.17, 15) is 9.90 Å². The van der Waals surface area contributed by atoms with Crippen LogP contribution in [0.2, 0.25) is 0 Å². The fourth-order valence-corrected chi connectivity index (χ4v) is 5.71. The second-order valence-electron chi connectivity index (χ2n) is 11.5. The van der Waals surface area contributed by atoms with Gasteiger partial charge in [-0.3, -0.25) is 4.98 Å². The Balaban J connectivity index is 0.000000908. The molecular formula is C38H43N9O3-2. The molecule has 0 fully saturated rings. The van der Waals surface area contributed by atoms with Gasteiger partial charge in [-0.1, -0.05) is 81.8 Å². The fourth-order valence-electron chi connectivity index (χ4n) is 5.71. The van der Waals surface area contributed by atoms with E-state index in [1.54, 1.807) is 29.1 Å². The summed E-state index contributed by atoms with van der Waals surface area (Å²) in [7, 11) is 0. The summed E-state index contributed by atoms with van der Waals surface area (Å²) in [6, 6.07) is 23.4. The quantitative estimate of drug-likeness (QED) is 0.126. The zero-order valence-corrected chi connectivity index (χ0v) is 29.3. The molecule has 0 aliphatic heterocycles. The van der Waals surface area contributed by atoms with E-state index in [4.69, 9.17) is 9.72 Å². The maximum atomic E-state index is 12.2. The molecule has 12 heteroatoms. The molecule has 50 heavy (non-hydrogen) atoms. The lowest BCUT2D eigenvalue weighted by molar-refractivity contribution is -0.255. The number of imidazole rings is 1. The monoisotopic (exact) mass is 673 g/mol. The number of carbonyl (C=O) groups is 1. The van der Waals surface area contributed by atoms with Crippen LogP contribution < -0.4 is 5.11 Å².